The molecule has 5 rings (SSSR count). The average molecular weight is 624 g/mol. The number of nitrogens with zero attached hydrogens (tertiary/aromatic N) is 3. The Bertz CT molecular complexity index is 1590. The third-order valence-corrected chi connectivity index (χ3v) is 10.3. The zero-order valence-corrected chi connectivity index (χ0v) is 26.6. The molecule has 234 valence electrons. The van der Waals surface area contributed by atoms with Crippen LogP contribution in [0.15, 0.2) is 126 Å². The number of hydrogen-bond acceptors (Lipinski definition) is 4. The van der Waals surface area contributed by atoms with Gasteiger partial charge in [-0.25, -0.2) is 8.42 Å². The third-order valence-electron chi connectivity index (χ3n) is 8.41. The van der Waals surface area contributed by atoms with Gasteiger partial charge in [-0.1, -0.05) is 116 Å². The van der Waals surface area contributed by atoms with Gasteiger partial charge in [-0.2, -0.15) is 4.31 Å². The minimum atomic E-state index is -3.84. The molecule has 4 aromatic rings. The zero-order chi connectivity index (χ0) is 31.6. The number of likely N-dealkylation sites (tertiary alicyclic amines) is 1. The molecule has 0 radical (unpaired) electrons. The summed E-state index contributed by atoms with van der Waals surface area (Å²) in [4.78, 5) is 32.0. The van der Waals surface area contributed by atoms with Crippen molar-refractivity contribution in [1.29, 1.82) is 0 Å². The first-order valence-electron chi connectivity index (χ1n) is 15.7. The number of rotatable bonds is 12. The number of amides is 2. The molecular formula is C37H41N3O4S. The van der Waals surface area contributed by atoms with Crippen molar-refractivity contribution in [3.8, 4) is 0 Å². The van der Waals surface area contributed by atoms with Crippen LogP contribution < -0.4 is 0 Å². The van der Waals surface area contributed by atoms with Crippen molar-refractivity contribution in [1.82, 2.24) is 14.1 Å². The maximum atomic E-state index is 14.0. The second-order valence-corrected chi connectivity index (χ2v) is 13.4. The molecule has 4 aromatic carbocycles. The smallest absolute Gasteiger partial charge is 0.243 e. The van der Waals surface area contributed by atoms with Gasteiger partial charge in [0.05, 0.1) is 17.4 Å². The molecule has 0 aromatic heterocycles. The summed E-state index contributed by atoms with van der Waals surface area (Å²) in [6.45, 7) is 3.32. The highest BCUT2D eigenvalue weighted by atomic mass is 32.2. The second-order valence-electron chi connectivity index (χ2n) is 11.5. The highest BCUT2D eigenvalue weighted by molar-refractivity contribution is 7.89. The van der Waals surface area contributed by atoms with Gasteiger partial charge < -0.3 is 9.80 Å². The fourth-order valence-electron chi connectivity index (χ4n) is 6.07. The van der Waals surface area contributed by atoms with Gasteiger partial charge in [0.2, 0.25) is 21.8 Å². The Labute approximate surface area is 267 Å². The van der Waals surface area contributed by atoms with Gasteiger partial charge in [0.25, 0.3) is 0 Å². The van der Waals surface area contributed by atoms with E-state index in [2.05, 4.69) is 0 Å². The van der Waals surface area contributed by atoms with Gasteiger partial charge >= 0.3 is 0 Å². The van der Waals surface area contributed by atoms with E-state index < -0.39 is 15.9 Å². The molecule has 1 heterocycles. The van der Waals surface area contributed by atoms with E-state index in [0.29, 0.717) is 38.9 Å². The Kier molecular flexibility index (Phi) is 10.8. The minimum Gasteiger partial charge on any atom is -0.342 e. The SMILES string of the molecule is CCCN(CC(=O)N(Cc1ccccc1)C1CCN(C(=O)C(c2ccccc2)c2ccccc2)CC1)S(=O)(=O)c1ccccc1. The number of carbonyl (C=O) groups is 2. The summed E-state index contributed by atoms with van der Waals surface area (Å²) in [5, 5.41) is 0. The molecule has 1 aliphatic rings. The third kappa shape index (κ3) is 7.88. The van der Waals surface area contributed by atoms with E-state index in [1.54, 1.807) is 30.3 Å². The Morgan fingerprint density at radius 3 is 1.76 bits per heavy atom. The molecule has 1 aliphatic heterocycles. The predicted octanol–water partition coefficient (Wildman–Crippen LogP) is 5.94. The van der Waals surface area contributed by atoms with Gasteiger partial charge in [0.1, 0.15) is 0 Å². The molecule has 0 atom stereocenters. The van der Waals surface area contributed by atoms with Crippen molar-refractivity contribution in [2.75, 3.05) is 26.2 Å². The van der Waals surface area contributed by atoms with Gasteiger partial charge in [0.15, 0.2) is 0 Å². The summed E-state index contributed by atoms with van der Waals surface area (Å²) in [6.07, 6.45) is 1.81. The monoisotopic (exact) mass is 623 g/mol. The molecule has 2 amide bonds. The molecule has 1 fully saturated rings. The molecule has 1 saturated heterocycles. The standard InChI is InChI=1S/C37H41N3O4S/c1-2-25-39(45(43,44)34-21-13-6-14-22-34)29-35(41)40(28-30-15-7-3-8-16-30)33-23-26-38(27-24-33)37(42)36(31-17-9-4-10-18-31)32-19-11-5-12-20-32/h3-22,33,36H,2,23-29H2,1H3. The fraction of sp³-hybridized carbons (Fsp3) is 0.297. The lowest BCUT2D eigenvalue weighted by atomic mass is 9.89. The summed E-state index contributed by atoms with van der Waals surface area (Å²) < 4.78 is 28.4. The fourth-order valence-corrected chi connectivity index (χ4v) is 7.57. The highest BCUT2D eigenvalue weighted by Gasteiger charge is 2.35. The second kappa shape index (κ2) is 15.1. The van der Waals surface area contributed by atoms with Crippen molar-refractivity contribution in [3.63, 3.8) is 0 Å². The van der Waals surface area contributed by atoms with Gasteiger partial charge in [-0.3, -0.25) is 9.59 Å². The van der Waals surface area contributed by atoms with Crippen molar-refractivity contribution in [2.45, 2.75) is 49.6 Å². The molecule has 0 bridgehead atoms. The predicted molar refractivity (Wildman–Crippen MR) is 177 cm³/mol. The molecule has 7 nitrogen and oxygen atoms in total. The highest BCUT2D eigenvalue weighted by Crippen LogP contribution is 2.29. The van der Waals surface area contributed by atoms with E-state index in [1.807, 2.05) is 108 Å². The molecule has 0 saturated carbocycles. The van der Waals surface area contributed by atoms with E-state index in [4.69, 9.17) is 0 Å². The number of piperidine rings is 1. The minimum absolute atomic E-state index is 0.0508. The number of benzene rings is 4. The van der Waals surface area contributed by atoms with Crippen LogP contribution in [0.5, 0.6) is 0 Å². The first kappa shape index (κ1) is 32.1. The van der Waals surface area contributed by atoms with E-state index in [0.717, 1.165) is 16.7 Å². The maximum absolute atomic E-state index is 14.0. The Morgan fingerprint density at radius 1 is 0.756 bits per heavy atom. The summed E-state index contributed by atoms with van der Waals surface area (Å²) in [5.41, 5.74) is 2.88. The molecule has 45 heavy (non-hydrogen) atoms. The Morgan fingerprint density at radius 2 is 1.24 bits per heavy atom. The average Bonchev–Trinajstić information content (AvgIpc) is 3.09. The van der Waals surface area contributed by atoms with Gasteiger partial charge in [-0.05, 0) is 48.1 Å². The van der Waals surface area contributed by atoms with Crippen LogP contribution in [0.3, 0.4) is 0 Å². The van der Waals surface area contributed by atoms with Gasteiger partial charge in [0, 0.05) is 32.2 Å². The van der Waals surface area contributed by atoms with Crippen LogP contribution in [-0.2, 0) is 26.2 Å². The number of carbonyl (C=O) groups excluding carboxylic acids is 2. The maximum Gasteiger partial charge on any atom is 0.243 e. The van der Waals surface area contributed by atoms with Crippen molar-refractivity contribution in [3.05, 3.63) is 138 Å². The van der Waals surface area contributed by atoms with Crippen LogP contribution in [-0.4, -0.2) is 66.6 Å². The van der Waals surface area contributed by atoms with E-state index in [-0.39, 0.29) is 35.8 Å². The summed E-state index contributed by atoms with van der Waals surface area (Å²) in [5.74, 6) is -0.588. The van der Waals surface area contributed by atoms with Crippen molar-refractivity contribution in [2.24, 2.45) is 0 Å². The van der Waals surface area contributed by atoms with Gasteiger partial charge in [-0.15, -0.1) is 0 Å². The van der Waals surface area contributed by atoms with Crippen LogP contribution in [0, 0.1) is 0 Å². The van der Waals surface area contributed by atoms with E-state index >= 15 is 0 Å². The summed E-state index contributed by atoms with van der Waals surface area (Å²) >= 11 is 0. The van der Waals surface area contributed by atoms with E-state index in [1.165, 1.54) is 4.31 Å². The molecule has 0 unspecified atom stereocenters. The lowest BCUT2D eigenvalue weighted by Gasteiger charge is -2.40. The first-order chi connectivity index (χ1) is 21.9. The normalized spacial score (nSPS) is 14.1. The number of sulfonamides is 1. The quantitative estimate of drug-likeness (QED) is 0.196. The van der Waals surface area contributed by atoms with Crippen LogP contribution in [0.1, 0.15) is 48.8 Å². The first-order valence-corrected chi connectivity index (χ1v) is 17.1. The van der Waals surface area contributed by atoms with Crippen molar-refractivity contribution < 1.29 is 18.0 Å². The van der Waals surface area contributed by atoms with Crippen LogP contribution in [0.2, 0.25) is 0 Å². The summed E-state index contributed by atoms with van der Waals surface area (Å²) in [6, 6.07) is 37.6. The zero-order valence-electron chi connectivity index (χ0n) is 25.7. The molecule has 0 N–H and O–H groups in total. The molecule has 0 spiro atoms. The molecule has 0 aliphatic carbocycles. The molecule has 8 heteroatoms. The molecular weight excluding hydrogens is 582 g/mol. The topological polar surface area (TPSA) is 78.0 Å². The van der Waals surface area contributed by atoms with Crippen molar-refractivity contribution >= 4 is 21.8 Å². The summed E-state index contributed by atoms with van der Waals surface area (Å²) in [7, 11) is -3.84. The lowest BCUT2D eigenvalue weighted by Crippen LogP contribution is -2.52. The number of hydrogen-bond donors (Lipinski definition) is 0. The van der Waals surface area contributed by atoms with Crippen LogP contribution in [0.25, 0.3) is 0 Å². The Hall–Kier alpha value is -4.27. The lowest BCUT2D eigenvalue weighted by molar-refractivity contribution is -0.137. The van der Waals surface area contributed by atoms with Crippen LogP contribution >= 0.6 is 0 Å². The van der Waals surface area contributed by atoms with Crippen LogP contribution in [0.4, 0.5) is 0 Å². The van der Waals surface area contributed by atoms with E-state index in [9.17, 15) is 18.0 Å². The largest absolute Gasteiger partial charge is 0.342 e. The Balaban J connectivity index is 1.35.